The number of β-lactam (4-membered cyclic amide) rings is 1. The summed E-state index contributed by atoms with van der Waals surface area (Å²) < 4.78 is 50.1. The zero-order chi connectivity index (χ0) is 17.5. The summed E-state index contributed by atoms with van der Waals surface area (Å²) in [5.74, 6) is -1.55. The lowest BCUT2D eigenvalue weighted by atomic mass is 9.70. The monoisotopic (exact) mass is 344 g/mol. The number of hydrogen-bond acceptors (Lipinski definition) is 2. The highest BCUT2D eigenvalue weighted by atomic mass is 19.4. The Balaban J connectivity index is 1.59. The largest absolute Gasteiger partial charge is 0.397 e. The molecular weight excluding hydrogens is 328 g/mol. The number of nitrogens with zero attached hydrogens (tertiary/aromatic N) is 2. The SMILES string of the molecule is O=C(CC(F)(F)F)N1CCC2(CC1)CN(c1cccc(F)c1)C2=O. The number of carbonyl (C=O) groups excluding carboxylic acids is 2. The Bertz CT molecular complexity index is 666. The van der Waals surface area contributed by atoms with Crippen molar-refractivity contribution in [3.8, 4) is 0 Å². The van der Waals surface area contributed by atoms with E-state index in [0.717, 1.165) is 4.90 Å². The first-order valence-electron chi connectivity index (χ1n) is 7.62. The maximum Gasteiger partial charge on any atom is 0.397 e. The van der Waals surface area contributed by atoms with E-state index in [9.17, 15) is 27.2 Å². The molecule has 0 aromatic heterocycles. The summed E-state index contributed by atoms with van der Waals surface area (Å²) in [5.41, 5.74) is -0.164. The van der Waals surface area contributed by atoms with Crippen LogP contribution in [0.25, 0.3) is 0 Å². The summed E-state index contributed by atoms with van der Waals surface area (Å²) in [4.78, 5) is 26.7. The van der Waals surface area contributed by atoms with Crippen molar-refractivity contribution in [2.24, 2.45) is 5.41 Å². The van der Waals surface area contributed by atoms with E-state index in [0.29, 0.717) is 25.1 Å². The lowest BCUT2D eigenvalue weighted by Gasteiger charge is -2.52. The predicted octanol–water partition coefficient (Wildman–Crippen LogP) is 2.73. The standard InChI is InChI=1S/C16H16F4N2O2/c17-11-2-1-3-12(8-11)22-10-15(14(22)24)4-6-21(7-5-15)13(23)9-16(18,19)20/h1-3,8H,4-7,9-10H2. The minimum atomic E-state index is -4.52. The molecule has 24 heavy (non-hydrogen) atoms. The van der Waals surface area contributed by atoms with Crippen LogP contribution in [0.15, 0.2) is 24.3 Å². The molecule has 2 aliphatic heterocycles. The average Bonchev–Trinajstić information content (AvgIpc) is 2.51. The highest BCUT2D eigenvalue weighted by molar-refractivity contribution is 6.04. The second-order valence-corrected chi connectivity index (χ2v) is 6.32. The van der Waals surface area contributed by atoms with Crippen LogP contribution in [0.4, 0.5) is 23.2 Å². The van der Waals surface area contributed by atoms with Gasteiger partial charge >= 0.3 is 6.18 Å². The molecule has 1 spiro atoms. The van der Waals surface area contributed by atoms with Crippen LogP contribution in [0, 0.1) is 11.2 Å². The van der Waals surface area contributed by atoms with Gasteiger partial charge in [0, 0.05) is 25.3 Å². The molecule has 0 saturated carbocycles. The van der Waals surface area contributed by atoms with Crippen molar-refractivity contribution in [2.45, 2.75) is 25.4 Å². The fourth-order valence-corrected chi connectivity index (χ4v) is 3.33. The van der Waals surface area contributed by atoms with Crippen LogP contribution in [0.3, 0.4) is 0 Å². The van der Waals surface area contributed by atoms with E-state index in [1.54, 1.807) is 6.07 Å². The van der Waals surface area contributed by atoms with E-state index in [1.807, 2.05) is 0 Å². The second kappa shape index (κ2) is 5.75. The van der Waals surface area contributed by atoms with Crippen molar-refractivity contribution < 1.29 is 27.2 Å². The molecule has 0 radical (unpaired) electrons. The van der Waals surface area contributed by atoms with Crippen LogP contribution in [0.1, 0.15) is 19.3 Å². The maximum absolute atomic E-state index is 13.3. The number of anilines is 1. The van der Waals surface area contributed by atoms with Gasteiger partial charge in [-0.05, 0) is 31.0 Å². The maximum atomic E-state index is 13.3. The van der Waals surface area contributed by atoms with E-state index in [2.05, 4.69) is 0 Å². The number of hydrogen-bond donors (Lipinski definition) is 0. The Labute approximate surface area is 136 Å². The van der Waals surface area contributed by atoms with Gasteiger partial charge in [0.05, 0.1) is 5.41 Å². The molecule has 0 bridgehead atoms. The van der Waals surface area contributed by atoms with E-state index >= 15 is 0 Å². The Hall–Kier alpha value is -2.12. The molecule has 0 atom stereocenters. The molecule has 130 valence electrons. The quantitative estimate of drug-likeness (QED) is 0.611. The van der Waals surface area contributed by atoms with Gasteiger partial charge in [0.1, 0.15) is 12.2 Å². The van der Waals surface area contributed by atoms with Crippen molar-refractivity contribution in [1.82, 2.24) is 4.90 Å². The van der Waals surface area contributed by atoms with Gasteiger partial charge in [-0.1, -0.05) is 6.07 Å². The summed E-state index contributed by atoms with van der Waals surface area (Å²) in [6.45, 7) is 0.672. The molecule has 1 aromatic rings. The first-order valence-corrected chi connectivity index (χ1v) is 7.62. The molecule has 2 amide bonds. The first kappa shape index (κ1) is 16.7. The molecule has 0 aliphatic carbocycles. The van der Waals surface area contributed by atoms with Crippen molar-refractivity contribution in [3.63, 3.8) is 0 Å². The summed E-state index contributed by atoms with van der Waals surface area (Å²) in [6.07, 6.45) is -5.32. The summed E-state index contributed by atoms with van der Waals surface area (Å²) in [5, 5.41) is 0. The van der Waals surface area contributed by atoms with Gasteiger partial charge in [-0.15, -0.1) is 0 Å². The fourth-order valence-electron chi connectivity index (χ4n) is 3.33. The molecule has 8 heteroatoms. The molecule has 1 aromatic carbocycles. The Kier molecular flexibility index (Phi) is 4.01. The minimum Gasteiger partial charge on any atom is -0.342 e. The van der Waals surface area contributed by atoms with E-state index in [4.69, 9.17) is 0 Å². The molecule has 2 heterocycles. The molecule has 0 unspecified atom stereocenters. The van der Waals surface area contributed by atoms with Gasteiger partial charge in [0.25, 0.3) is 0 Å². The topological polar surface area (TPSA) is 40.6 Å². The lowest BCUT2D eigenvalue weighted by Crippen LogP contribution is -2.65. The summed E-state index contributed by atoms with van der Waals surface area (Å²) >= 11 is 0. The highest BCUT2D eigenvalue weighted by Gasteiger charge is 2.54. The number of benzene rings is 1. The van der Waals surface area contributed by atoms with Gasteiger partial charge in [0.15, 0.2) is 0 Å². The van der Waals surface area contributed by atoms with Gasteiger partial charge in [-0.25, -0.2) is 4.39 Å². The number of alkyl halides is 3. The van der Waals surface area contributed by atoms with Gasteiger partial charge < -0.3 is 9.80 Å². The van der Waals surface area contributed by atoms with E-state index < -0.39 is 29.7 Å². The van der Waals surface area contributed by atoms with Crippen LogP contribution in [0.2, 0.25) is 0 Å². The highest BCUT2D eigenvalue weighted by Crippen LogP contribution is 2.44. The fraction of sp³-hybridized carbons (Fsp3) is 0.500. The molecule has 2 saturated heterocycles. The molecular formula is C16H16F4N2O2. The predicted molar refractivity (Wildman–Crippen MR) is 77.7 cm³/mol. The molecule has 4 nitrogen and oxygen atoms in total. The lowest BCUT2D eigenvalue weighted by molar-refractivity contribution is -0.164. The normalized spacial score (nSPS) is 20.2. The number of carbonyl (C=O) groups is 2. The van der Waals surface area contributed by atoms with Crippen LogP contribution in [0.5, 0.6) is 0 Å². The Morgan fingerprint density at radius 3 is 2.42 bits per heavy atom. The Morgan fingerprint density at radius 1 is 1.21 bits per heavy atom. The van der Waals surface area contributed by atoms with E-state index in [-0.39, 0.29) is 19.0 Å². The number of piperidine rings is 1. The third-order valence-corrected chi connectivity index (χ3v) is 4.70. The van der Waals surface area contributed by atoms with Crippen molar-refractivity contribution in [2.75, 3.05) is 24.5 Å². The zero-order valence-electron chi connectivity index (χ0n) is 12.8. The molecule has 2 aliphatic rings. The summed E-state index contributed by atoms with van der Waals surface area (Å²) in [7, 11) is 0. The molecule has 3 rings (SSSR count). The Morgan fingerprint density at radius 2 is 1.88 bits per heavy atom. The number of likely N-dealkylation sites (tertiary alicyclic amines) is 1. The van der Waals surface area contributed by atoms with Crippen LogP contribution in [-0.2, 0) is 9.59 Å². The second-order valence-electron chi connectivity index (χ2n) is 6.32. The van der Waals surface area contributed by atoms with Gasteiger partial charge in [-0.2, -0.15) is 13.2 Å². The van der Waals surface area contributed by atoms with Crippen molar-refractivity contribution >= 4 is 17.5 Å². The summed E-state index contributed by atoms with van der Waals surface area (Å²) in [6, 6.07) is 5.71. The smallest absolute Gasteiger partial charge is 0.342 e. The van der Waals surface area contributed by atoms with Crippen LogP contribution in [-0.4, -0.2) is 42.5 Å². The third kappa shape index (κ3) is 3.09. The first-order chi connectivity index (χ1) is 11.2. The number of amides is 2. The van der Waals surface area contributed by atoms with Crippen molar-refractivity contribution in [3.05, 3.63) is 30.1 Å². The molecule has 0 N–H and O–H groups in total. The average molecular weight is 344 g/mol. The van der Waals surface area contributed by atoms with E-state index in [1.165, 1.54) is 23.1 Å². The van der Waals surface area contributed by atoms with Gasteiger partial charge in [0.2, 0.25) is 11.8 Å². The van der Waals surface area contributed by atoms with Crippen molar-refractivity contribution in [1.29, 1.82) is 0 Å². The van der Waals surface area contributed by atoms with Crippen LogP contribution < -0.4 is 4.90 Å². The zero-order valence-corrected chi connectivity index (χ0v) is 12.8. The number of rotatable bonds is 2. The minimum absolute atomic E-state index is 0.137. The number of halogens is 4. The van der Waals surface area contributed by atoms with Crippen LogP contribution >= 0.6 is 0 Å². The van der Waals surface area contributed by atoms with Gasteiger partial charge in [-0.3, -0.25) is 9.59 Å². The third-order valence-electron chi connectivity index (χ3n) is 4.70. The molecule has 2 fully saturated rings.